The zero-order valence-electron chi connectivity index (χ0n) is 11.0. The second-order valence-corrected chi connectivity index (χ2v) is 4.33. The van der Waals surface area contributed by atoms with Crippen LogP contribution in [0.25, 0.3) is 0 Å². The Hall–Kier alpha value is -3.09. The van der Waals surface area contributed by atoms with Gasteiger partial charge in [0, 0.05) is 23.4 Å². The van der Waals surface area contributed by atoms with Crippen molar-refractivity contribution < 1.29 is 14.5 Å². The minimum absolute atomic E-state index is 0.0151. The summed E-state index contributed by atoms with van der Waals surface area (Å²) in [6.07, 6.45) is 0. The zero-order valence-corrected chi connectivity index (χ0v) is 11.0. The van der Waals surface area contributed by atoms with Crippen LogP contribution < -0.4 is 16.2 Å². The van der Waals surface area contributed by atoms with Crippen molar-refractivity contribution in [2.24, 2.45) is 5.73 Å². The van der Waals surface area contributed by atoms with Crippen LogP contribution in [-0.2, 0) is 6.61 Å². The molecule has 0 fully saturated rings. The number of carbonyl (C=O) groups is 1. The van der Waals surface area contributed by atoms with Gasteiger partial charge in [0.2, 0.25) is 5.91 Å². The topological polar surface area (TPSA) is 121 Å². The summed E-state index contributed by atoms with van der Waals surface area (Å²) in [6, 6.07) is 10.7. The summed E-state index contributed by atoms with van der Waals surface area (Å²) in [5.74, 6) is -0.218. The zero-order chi connectivity index (χ0) is 15.4. The number of nitro benzene ring substituents is 1. The molecule has 21 heavy (non-hydrogen) atoms. The average Bonchev–Trinajstić information content (AvgIpc) is 2.44. The maximum atomic E-state index is 11.1. The number of nitrogen functional groups attached to an aromatic ring is 1. The monoisotopic (exact) mass is 287 g/mol. The van der Waals surface area contributed by atoms with Crippen LogP contribution in [0.4, 0.5) is 11.4 Å². The Morgan fingerprint density at radius 2 is 2.00 bits per heavy atom. The van der Waals surface area contributed by atoms with E-state index in [4.69, 9.17) is 16.2 Å². The summed E-state index contributed by atoms with van der Waals surface area (Å²) in [5, 5.41) is 11.0. The normalized spacial score (nSPS) is 10.1. The van der Waals surface area contributed by atoms with E-state index in [1.54, 1.807) is 24.3 Å². The smallest absolute Gasteiger partial charge is 0.276 e. The van der Waals surface area contributed by atoms with E-state index >= 15 is 0 Å². The van der Waals surface area contributed by atoms with Gasteiger partial charge < -0.3 is 16.2 Å². The number of rotatable bonds is 5. The van der Waals surface area contributed by atoms with Gasteiger partial charge in [-0.2, -0.15) is 0 Å². The molecule has 108 valence electrons. The van der Waals surface area contributed by atoms with Crippen molar-refractivity contribution in [3.05, 3.63) is 63.7 Å². The SMILES string of the molecule is NC(=O)c1ccc(COc2cccc(N)c2)c([N+](=O)[O-])c1. The van der Waals surface area contributed by atoms with Gasteiger partial charge in [-0.1, -0.05) is 6.07 Å². The maximum absolute atomic E-state index is 11.1. The molecule has 0 aliphatic rings. The summed E-state index contributed by atoms with van der Waals surface area (Å²) >= 11 is 0. The van der Waals surface area contributed by atoms with E-state index in [0.717, 1.165) is 6.07 Å². The number of hydrogen-bond donors (Lipinski definition) is 2. The van der Waals surface area contributed by atoms with Crippen molar-refractivity contribution in [3.8, 4) is 5.75 Å². The predicted molar refractivity (Wildman–Crippen MR) is 76.8 cm³/mol. The van der Waals surface area contributed by atoms with Gasteiger partial charge in [-0.15, -0.1) is 0 Å². The minimum Gasteiger partial charge on any atom is -0.489 e. The van der Waals surface area contributed by atoms with E-state index in [1.165, 1.54) is 12.1 Å². The third kappa shape index (κ3) is 3.47. The highest BCUT2D eigenvalue weighted by atomic mass is 16.6. The number of anilines is 1. The number of hydrogen-bond acceptors (Lipinski definition) is 5. The van der Waals surface area contributed by atoms with Gasteiger partial charge >= 0.3 is 0 Å². The molecule has 0 saturated carbocycles. The molecule has 0 bridgehead atoms. The van der Waals surface area contributed by atoms with Crippen LogP contribution in [-0.4, -0.2) is 10.8 Å². The number of benzene rings is 2. The number of nitrogens with zero attached hydrogens (tertiary/aromatic N) is 1. The number of nitrogens with two attached hydrogens (primary N) is 2. The summed E-state index contributed by atoms with van der Waals surface area (Å²) in [6.45, 7) is -0.0151. The van der Waals surface area contributed by atoms with Gasteiger partial charge in [-0.25, -0.2) is 0 Å². The first-order valence-corrected chi connectivity index (χ1v) is 6.03. The first kappa shape index (κ1) is 14.3. The van der Waals surface area contributed by atoms with Crippen LogP contribution in [0.3, 0.4) is 0 Å². The van der Waals surface area contributed by atoms with Crippen molar-refractivity contribution in [1.82, 2.24) is 0 Å². The fraction of sp³-hybridized carbons (Fsp3) is 0.0714. The number of primary amides is 1. The maximum Gasteiger partial charge on any atom is 0.276 e. The molecule has 0 saturated heterocycles. The second kappa shape index (κ2) is 5.91. The van der Waals surface area contributed by atoms with Crippen molar-refractivity contribution in [3.63, 3.8) is 0 Å². The highest BCUT2D eigenvalue weighted by Gasteiger charge is 2.16. The summed E-state index contributed by atoms with van der Waals surface area (Å²) in [4.78, 5) is 21.5. The third-order valence-corrected chi connectivity index (χ3v) is 2.82. The van der Waals surface area contributed by atoms with Crippen LogP contribution >= 0.6 is 0 Å². The average molecular weight is 287 g/mol. The predicted octanol–water partition coefficient (Wildman–Crippen LogP) is 1.85. The van der Waals surface area contributed by atoms with E-state index in [0.29, 0.717) is 17.0 Å². The fourth-order valence-electron chi connectivity index (χ4n) is 1.77. The molecule has 2 aromatic rings. The van der Waals surface area contributed by atoms with Crippen molar-refractivity contribution in [1.29, 1.82) is 0 Å². The molecule has 0 atom stereocenters. The molecule has 0 aliphatic carbocycles. The first-order valence-electron chi connectivity index (χ1n) is 6.03. The third-order valence-electron chi connectivity index (χ3n) is 2.82. The van der Waals surface area contributed by atoms with E-state index in [2.05, 4.69) is 0 Å². The van der Waals surface area contributed by atoms with E-state index in [1.807, 2.05) is 0 Å². The lowest BCUT2D eigenvalue weighted by molar-refractivity contribution is -0.385. The van der Waals surface area contributed by atoms with Crippen LogP contribution in [0.2, 0.25) is 0 Å². The van der Waals surface area contributed by atoms with Gasteiger partial charge in [0.25, 0.3) is 5.69 Å². The summed E-state index contributed by atoms with van der Waals surface area (Å²) in [7, 11) is 0. The largest absolute Gasteiger partial charge is 0.489 e. The van der Waals surface area contributed by atoms with Crippen LogP contribution in [0.15, 0.2) is 42.5 Å². The lowest BCUT2D eigenvalue weighted by Crippen LogP contribution is -2.12. The molecule has 0 spiro atoms. The number of amides is 1. The molecule has 2 rings (SSSR count). The summed E-state index contributed by atoms with van der Waals surface area (Å²) in [5.41, 5.74) is 11.5. The Bertz CT molecular complexity index is 700. The molecule has 0 unspecified atom stereocenters. The number of nitro groups is 1. The van der Waals surface area contributed by atoms with E-state index in [-0.39, 0.29) is 17.9 Å². The van der Waals surface area contributed by atoms with Crippen LogP contribution in [0.5, 0.6) is 5.75 Å². The van der Waals surface area contributed by atoms with Crippen molar-refractivity contribution in [2.45, 2.75) is 6.61 Å². The lowest BCUT2D eigenvalue weighted by Gasteiger charge is -2.08. The standard InChI is InChI=1S/C14H13N3O4/c15-11-2-1-3-12(7-11)21-8-10-5-4-9(14(16)18)6-13(10)17(19)20/h1-7H,8,15H2,(H2,16,18). The minimum atomic E-state index is -0.721. The highest BCUT2D eigenvalue weighted by Crippen LogP contribution is 2.23. The Morgan fingerprint density at radius 1 is 1.24 bits per heavy atom. The highest BCUT2D eigenvalue weighted by molar-refractivity contribution is 5.93. The molecular formula is C14H13N3O4. The molecule has 0 aromatic heterocycles. The molecule has 7 nitrogen and oxygen atoms in total. The Kier molecular flexibility index (Phi) is 4.03. The second-order valence-electron chi connectivity index (χ2n) is 4.33. The van der Waals surface area contributed by atoms with Gasteiger partial charge in [-0.05, 0) is 24.3 Å². The van der Waals surface area contributed by atoms with E-state index in [9.17, 15) is 14.9 Å². The fourth-order valence-corrected chi connectivity index (χ4v) is 1.77. The molecule has 7 heteroatoms. The first-order chi connectivity index (χ1) is 9.97. The summed E-state index contributed by atoms with van der Waals surface area (Å²) < 4.78 is 5.46. The number of ether oxygens (including phenoxy) is 1. The molecule has 4 N–H and O–H groups in total. The molecule has 2 aromatic carbocycles. The molecule has 0 radical (unpaired) electrons. The lowest BCUT2D eigenvalue weighted by atomic mass is 10.1. The quantitative estimate of drug-likeness (QED) is 0.493. The Balaban J connectivity index is 2.23. The van der Waals surface area contributed by atoms with Gasteiger partial charge in [0.15, 0.2) is 0 Å². The van der Waals surface area contributed by atoms with Crippen LogP contribution in [0.1, 0.15) is 15.9 Å². The van der Waals surface area contributed by atoms with Crippen molar-refractivity contribution >= 4 is 17.3 Å². The molecular weight excluding hydrogens is 274 g/mol. The van der Waals surface area contributed by atoms with Gasteiger partial charge in [0.1, 0.15) is 12.4 Å². The Labute approximate surface area is 120 Å². The molecule has 1 amide bonds. The van der Waals surface area contributed by atoms with Crippen molar-refractivity contribution in [2.75, 3.05) is 5.73 Å². The van der Waals surface area contributed by atoms with Crippen LogP contribution in [0, 0.1) is 10.1 Å². The number of carbonyl (C=O) groups excluding carboxylic acids is 1. The Morgan fingerprint density at radius 3 is 2.62 bits per heavy atom. The van der Waals surface area contributed by atoms with Gasteiger partial charge in [-0.3, -0.25) is 14.9 Å². The van der Waals surface area contributed by atoms with E-state index < -0.39 is 10.8 Å². The van der Waals surface area contributed by atoms with Gasteiger partial charge in [0.05, 0.1) is 10.5 Å². The molecule has 0 aliphatic heterocycles. The molecule has 0 heterocycles.